The molecule has 2 atom stereocenters. The number of H-pyrrole nitrogens is 1. The molecule has 0 aliphatic rings. The number of benzene rings is 1. The summed E-state index contributed by atoms with van der Waals surface area (Å²) in [4.78, 5) is 3.37. The maximum Gasteiger partial charge on any atom is 0.0456 e. The number of hydrogen-bond acceptors (Lipinski definition) is 0. The third-order valence-electron chi connectivity index (χ3n) is 4.13. The van der Waals surface area contributed by atoms with Gasteiger partial charge in [-0.15, -0.1) is 0 Å². The Morgan fingerprint density at radius 3 is 2.74 bits per heavy atom. The monoisotopic (exact) mass is 255 g/mol. The van der Waals surface area contributed by atoms with Gasteiger partial charge in [0.05, 0.1) is 0 Å². The van der Waals surface area contributed by atoms with Crippen molar-refractivity contribution in [2.24, 2.45) is 5.92 Å². The van der Waals surface area contributed by atoms with E-state index in [1.807, 2.05) is 0 Å². The Kier molecular flexibility index (Phi) is 4.47. The summed E-state index contributed by atoms with van der Waals surface area (Å²) in [7, 11) is 0. The van der Waals surface area contributed by atoms with Crippen LogP contribution in [0.2, 0.25) is 0 Å². The average Bonchev–Trinajstić information content (AvgIpc) is 2.82. The average molecular weight is 255 g/mol. The first-order valence-electron chi connectivity index (χ1n) is 7.37. The molecule has 1 nitrogen and oxygen atoms in total. The van der Waals surface area contributed by atoms with Crippen molar-refractivity contribution in [1.82, 2.24) is 4.98 Å². The van der Waals surface area contributed by atoms with Crippen molar-refractivity contribution in [2.75, 3.05) is 0 Å². The second-order valence-electron chi connectivity index (χ2n) is 5.74. The number of allylic oxidation sites excluding steroid dienone is 1. The van der Waals surface area contributed by atoms with Gasteiger partial charge in [-0.2, -0.15) is 0 Å². The lowest BCUT2D eigenvalue weighted by atomic mass is 9.86. The molecular weight excluding hydrogens is 230 g/mol. The standard InChI is InChI=1S/C18H25N/c1-5-8-13(2)14(3)11-15(4)17-12-19-18-10-7-6-9-16(17)18/h6-7,9-10,12,14-15,19H,2,5,8,11H2,1,3-4H3. The molecule has 0 spiro atoms. The summed E-state index contributed by atoms with van der Waals surface area (Å²) >= 11 is 0. The second kappa shape index (κ2) is 6.10. The topological polar surface area (TPSA) is 15.8 Å². The fourth-order valence-electron chi connectivity index (χ4n) is 2.89. The summed E-state index contributed by atoms with van der Waals surface area (Å²) in [5.74, 6) is 1.17. The van der Waals surface area contributed by atoms with Crippen LogP contribution in [0.15, 0.2) is 42.6 Å². The zero-order valence-electron chi connectivity index (χ0n) is 12.4. The zero-order valence-corrected chi connectivity index (χ0v) is 12.4. The Labute approximate surface area is 116 Å². The SMILES string of the molecule is C=C(CCC)C(C)CC(C)c1c[nH]c2ccccc12. The van der Waals surface area contributed by atoms with Crippen LogP contribution >= 0.6 is 0 Å². The quantitative estimate of drug-likeness (QED) is 0.642. The van der Waals surface area contributed by atoms with Gasteiger partial charge in [0.1, 0.15) is 0 Å². The highest BCUT2D eigenvalue weighted by Crippen LogP contribution is 2.32. The first kappa shape index (κ1) is 13.9. The van der Waals surface area contributed by atoms with Crippen LogP contribution in [0.5, 0.6) is 0 Å². The Bertz CT molecular complexity index is 550. The van der Waals surface area contributed by atoms with Crippen LogP contribution in [0.3, 0.4) is 0 Å². The molecular formula is C18H25N. The number of aromatic nitrogens is 1. The van der Waals surface area contributed by atoms with E-state index in [9.17, 15) is 0 Å². The van der Waals surface area contributed by atoms with Gasteiger partial charge in [-0.1, -0.05) is 57.5 Å². The third kappa shape index (κ3) is 3.09. The predicted octanol–water partition coefficient (Wildman–Crippen LogP) is 5.65. The highest BCUT2D eigenvalue weighted by atomic mass is 14.7. The van der Waals surface area contributed by atoms with E-state index < -0.39 is 0 Å². The Hall–Kier alpha value is -1.50. The van der Waals surface area contributed by atoms with Gasteiger partial charge in [0, 0.05) is 17.1 Å². The van der Waals surface area contributed by atoms with E-state index in [4.69, 9.17) is 0 Å². The molecule has 0 aliphatic heterocycles. The fraction of sp³-hybridized carbons (Fsp3) is 0.444. The smallest absolute Gasteiger partial charge is 0.0456 e. The molecule has 0 saturated carbocycles. The minimum atomic E-state index is 0.569. The minimum absolute atomic E-state index is 0.569. The zero-order chi connectivity index (χ0) is 13.8. The van der Waals surface area contributed by atoms with E-state index in [0.717, 1.165) is 6.42 Å². The van der Waals surface area contributed by atoms with Gasteiger partial charge >= 0.3 is 0 Å². The molecule has 19 heavy (non-hydrogen) atoms. The van der Waals surface area contributed by atoms with Gasteiger partial charge in [-0.05, 0) is 36.3 Å². The van der Waals surface area contributed by atoms with Crippen LogP contribution in [0.4, 0.5) is 0 Å². The highest BCUT2D eigenvalue weighted by Gasteiger charge is 2.15. The van der Waals surface area contributed by atoms with Crippen LogP contribution in [0, 0.1) is 5.92 Å². The first-order valence-corrected chi connectivity index (χ1v) is 7.37. The molecule has 1 heteroatoms. The van der Waals surface area contributed by atoms with Crippen molar-refractivity contribution in [3.8, 4) is 0 Å². The van der Waals surface area contributed by atoms with Crippen LogP contribution < -0.4 is 0 Å². The Morgan fingerprint density at radius 2 is 2.00 bits per heavy atom. The molecule has 0 aliphatic carbocycles. The van der Waals surface area contributed by atoms with Gasteiger partial charge in [-0.25, -0.2) is 0 Å². The summed E-state index contributed by atoms with van der Waals surface area (Å²) in [6, 6.07) is 8.55. The lowest BCUT2D eigenvalue weighted by Crippen LogP contribution is -2.04. The van der Waals surface area contributed by atoms with Crippen LogP contribution in [0.25, 0.3) is 10.9 Å². The van der Waals surface area contributed by atoms with Crippen molar-refractivity contribution < 1.29 is 0 Å². The van der Waals surface area contributed by atoms with E-state index in [-0.39, 0.29) is 0 Å². The molecule has 1 heterocycles. The third-order valence-corrected chi connectivity index (χ3v) is 4.13. The normalized spacial score (nSPS) is 14.5. The molecule has 2 unspecified atom stereocenters. The number of rotatable bonds is 6. The van der Waals surface area contributed by atoms with Crippen molar-refractivity contribution in [2.45, 2.75) is 46.0 Å². The molecule has 0 amide bonds. The van der Waals surface area contributed by atoms with Crippen molar-refractivity contribution in [1.29, 1.82) is 0 Å². The summed E-state index contributed by atoms with van der Waals surface area (Å²) in [5.41, 5.74) is 4.07. The lowest BCUT2D eigenvalue weighted by molar-refractivity contribution is 0.531. The Balaban J connectivity index is 2.11. The number of nitrogens with one attached hydrogen (secondary N) is 1. The van der Waals surface area contributed by atoms with E-state index in [1.54, 1.807) is 0 Å². The van der Waals surface area contributed by atoms with Gasteiger partial charge in [0.15, 0.2) is 0 Å². The Morgan fingerprint density at radius 1 is 1.26 bits per heavy atom. The van der Waals surface area contributed by atoms with Crippen molar-refractivity contribution in [3.05, 3.63) is 48.2 Å². The van der Waals surface area contributed by atoms with E-state index in [2.05, 4.69) is 62.8 Å². The van der Waals surface area contributed by atoms with Gasteiger partial charge < -0.3 is 4.98 Å². The minimum Gasteiger partial charge on any atom is -0.361 e. The summed E-state index contributed by atoms with van der Waals surface area (Å²) in [5, 5.41) is 1.36. The van der Waals surface area contributed by atoms with Crippen LogP contribution in [-0.2, 0) is 0 Å². The molecule has 2 rings (SSSR count). The molecule has 0 radical (unpaired) electrons. The highest BCUT2D eigenvalue weighted by molar-refractivity contribution is 5.83. The fourth-order valence-corrected chi connectivity index (χ4v) is 2.89. The molecule has 1 N–H and O–H groups in total. The number of aromatic amines is 1. The molecule has 0 bridgehead atoms. The van der Waals surface area contributed by atoms with Crippen molar-refractivity contribution in [3.63, 3.8) is 0 Å². The molecule has 102 valence electrons. The van der Waals surface area contributed by atoms with Crippen LogP contribution in [-0.4, -0.2) is 4.98 Å². The van der Waals surface area contributed by atoms with Crippen LogP contribution in [0.1, 0.15) is 51.5 Å². The maximum absolute atomic E-state index is 4.23. The number of fused-ring (bicyclic) bond motifs is 1. The van der Waals surface area contributed by atoms with Gasteiger partial charge in [-0.3, -0.25) is 0 Å². The molecule has 1 aromatic heterocycles. The number of para-hydroxylation sites is 1. The maximum atomic E-state index is 4.23. The van der Waals surface area contributed by atoms with E-state index in [1.165, 1.54) is 34.9 Å². The summed E-state index contributed by atoms with van der Waals surface area (Å²) < 4.78 is 0. The van der Waals surface area contributed by atoms with Crippen molar-refractivity contribution >= 4 is 10.9 Å². The molecule has 2 aromatic rings. The first-order chi connectivity index (χ1) is 9.13. The van der Waals surface area contributed by atoms with E-state index >= 15 is 0 Å². The predicted molar refractivity (Wildman–Crippen MR) is 84.5 cm³/mol. The summed E-state index contributed by atoms with van der Waals surface area (Å²) in [6.45, 7) is 11.1. The molecule has 1 aromatic carbocycles. The van der Waals surface area contributed by atoms with Gasteiger partial charge in [0.25, 0.3) is 0 Å². The molecule has 0 fully saturated rings. The van der Waals surface area contributed by atoms with E-state index in [0.29, 0.717) is 11.8 Å². The summed E-state index contributed by atoms with van der Waals surface area (Å²) in [6.07, 6.45) is 5.71. The lowest BCUT2D eigenvalue weighted by Gasteiger charge is -2.19. The second-order valence-corrected chi connectivity index (χ2v) is 5.74. The molecule has 0 saturated heterocycles. The van der Waals surface area contributed by atoms with Gasteiger partial charge in [0.2, 0.25) is 0 Å². The number of hydrogen-bond donors (Lipinski definition) is 1. The largest absolute Gasteiger partial charge is 0.361 e.